The lowest BCUT2D eigenvalue weighted by atomic mass is 10.1. The molecule has 0 bridgehead atoms. The molecule has 0 radical (unpaired) electrons. The Morgan fingerprint density at radius 2 is 1.62 bits per heavy atom. The summed E-state index contributed by atoms with van der Waals surface area (Å²) < 4.78 is 65.5. The predicted octanol–water partition coefficient (Wildman–Crippen LogP) is 1.62. The van der Waals surface area contributed by atoms with Crippen molar-refractivity contribution in [3.8, 4) is 0 Å². The van der Waals surface area contributed by atoms with E-state index in [-0.39, 0.29) is 17.9 Å². The van der Waals surface area contributed by atoms with Crippen LogP contribution in [0.3, 0.4) is 0 Å². The molecule has 1 aromatic heterocycles. The largest absolute Gasteiger partial charge is 0.384 e. The van der Waals surface area contributed by atoms with Gasteiger partial charge < -0.3 is 11.1 Å². The molecule has 5 nitrogen and oxygen atoms in total. The highest BCUT2D eigenvalue weighted by Crippen LogP contribution is 2.23. The minimum absolute atomic E-state index is 0.0905. The van der Waals surface area contributed by atoms with Gasteiger partial charge in [0.05, 0.1) is 6.20 Å². The average Bonchev–Trinajstić information content (AvgIpc) is 2.86. The van der Waals surface area contributed by atoms with Crippen molar-refractivity contribution in [2.45, 2.75) is 6.54 Å². The highest BCUT2D eigenvalue weighted by molar-refractivity contribution is 5.94. The monoisotopic (exact) mass is 306 g/mol. The van der Waals surface area contributed by atoms with Crippen LogP contribution in [0.15, 0.2) is 6.20 Å². The van der Waals surface area contributed by atoms with Crippen LogP contribution >= 0.6 is 0 Å². The van der Waals surface area contributed by atoms with Gasteiger partial charge in [0.2, 0.25) is 5.82 Å². The van der Waals surface area contributed by atoms with Crippen LogP contribution in [-0.2, 0) is 6.54 Å². The molecule has 0 aliphatic heterocycles. The first-order valence-electron chi connectivity index (χ1n) is 5.42. The highest BCUT2D eigenvalue weighted by Gasteiger charge is 2.29. The number of carbonyl (C=O) groups is 1. The number of hydrogen-bond donors (Lipinski definition) is 3. The summed E-state index contributed by atoms with van der Waals surface area (Å²) in [6.45, 7) is -0.305. The molecule has 1 aromatic carbocycles. The third-order valence-electron chi connectivity index (χ3n) is 2.63. The molecule has 1 amide bonds. The van der Waals surface area contributed by atoms with Gasteiger partial charge in [0.1, 0.15) is 11.4 Å². The number of aromatic amines is 1. The second-order valence-electron chi connectivity index (χ2n) is 3.94. The number of anilines is 1. The Labute approximate surface area is 113 Å². The fraction of sp³-hybridized carbons (Fsp3) is 0.0909. The van der Waals surface area contributed by atoms with Crippen LogP contribution in [0, 0.1) is 29.1 Å². The lowest BCUT2D eigenvalue weighted by Crippen LogP contribution is -2.26. The Balaban J connectivity index is 2.30. The van der Waals surface area contributed by atoms with Crippen molar-refractivity contribution in [2.24, 2.45) is 0 Å². The molecule has 0 atom stereocenters. The maximum atomic E-state index is 13.4. The van der Waals surface area contributed by atoms with E-state index in [0.717, 1.165) is 0 Å². The molecular weight excluding hydrogens is 299 g/mol. The normalized spacial score (nSPS) is 10.7. The molecule has 10 heteroatoms. The van der Waals surface area contributed by atoms with Crippen LogP contribution in [0.4, 0.5) is 27.8 Å². The Morgan fingerprint density at radius 3 is 2.10 bits per heavy atom. The summed E-state index contributed by atoms with van der Waals surface area (Å²) in [7, 11) is 0. The summed E-state index contributed by atoms with van der Waals surface area (Å²) in [6.07, 6.45) is 1.23. The van der Waals surface area contributed by atoms with Crippen LogP contribution in [0.5, 0.6) is 0 Å². The highest BCUT2D eigenvalue weighted by atomic mass is 19.2. The van der Waals surface area contributed by atoms with Gasteiger partial charge in [0.15, 0.2) is 23.3 Å². The smallest absolute Gasteiger partial charge is 0.257 e. The summed E-state index contributed by atoms with van der Waals surface area (Å²) in [5.41, 5.74) is 4.13. The van der Waals surface area contributed by atoms with E-state index in [1.165, 1.54) is 6.20 Å². The minimum atomic E-state index is -2.33. The SMILES string of the molecule is Nc1[nH]ncc1CNC(=O)c1c(F)c(F)c(F)c(F)c1F. The van der Waals surface area contributed by atoms with E-state index in [9.17, 15) is 26.7 Å². The number of rotatable bonds is 3. The third kappa shape index (κ3) is 2.51. The van der Waals surface area contributed by atoms with Crippen LogP contribution in [0.2, 0.25) is 0 Å². The van der Waals surface area contributed by atoms with Gasteiger partial charge >= 0.3 is 0 Å². The van der Waals surface area contributed by atoms with E-state index in [4.69, 9.17) is 5.73 Å². The molecule has 0 aliphatic rings. The van der Waals surface area contributed by atoms with Gasteiger partial charge in [0, 0.05) is 12.1 Å². The zero-order valence-electron chi connectivity index (χ0n) is 10.1. The Bertz CT molecular complexity index is 686. The molecule has 0 saturated carbocycles. The Hall–Kier alpha value is -2.65. The first-order valence-corrected chi connectivity index (χ1v) is 5.42. The van der Waals surface area contributed by atoms with Gasteiger partial charge in [0.25, 0.3) is 5.91 Å². The van der Waals surface area contributed by atoms with Crippen LogP contribution < -0.4 is 11.1 Å². The number of hydrogen-bond acceptors (Lipinski definition) is 3. The average molecular weight is 306 g/mol. The summed E-state index contributed by atoms with van der Waals surface area (Å²) in [5.74, 6) is -12.5. The molecule has 2 aromatic rings. The van der Waals surface area contributed by atoms with Gasteiger partial charge in [-0.3, -0.25) is 9.89 Å². The summed E-state index contributed by atoms with van der Waals surface area (Å²) >= 11 is 0. The van der Waals surface area contributed by atoms with Crippen LogP contribution in [-0.4, -0.2) is 16.1 Å². The fourth-order valence-corrected chi connectivity index (χ4v) is 1.53. The van der Waals surface area contributed by atoms with Gasteiger partial charge in [-0.2, -0.15) is 5.10 Å². The Morgan fingerprint density at radius 1 is 1.10 bits per heavy atom. The second kappa shape index (κ2) is 5.38. The quantitative estimate of drug-likeness (QED) is 0.458. The van der Waals surface area contributed by atoms with Crippen LogP contribution in [0.25, 0.3) is 0 Å². The molecule has 0 spiro atoms. The number of halogens is 5. The van der Waals surface area contributed by atoms with E-state index < -0.39 is 40.6 Å². The first kappa shape index (κ1) is 14.8. The molecule has 1 heterocycles. The van der Waals surface area contributed by atoms with E-state index >= 15 is 0 Å². The van der Waals surface area contributed by atoms with Gasteiger partial charge in [-0.25, -0.2) is 22.0 Å². The van der Waals surface area contributed by atoms with E-state index in [2.05, 4.69) is 10.2 Å². The summed E-state index contributed by atoms with van der Waals surface area (Å²) in [6, 6.07) is 0. The topological polar surface area (TPSA) is 83.8 Å². The number of nitrogen functional groups attached to an aromatic ring is 1. The van der Waals surface area contributed by atoms with E-state index in [1.807, 2.05) is 5.32 Å². The van der Waals surface area contributed by atoms with Crippen molar-refractivity contribution in [2.75, 3.05) is 5.73 Å². The maximum Gasteiger partial charge on any atom is 0.257 e. The number of benzene rings is 1. The third-order valence-corrected chi connectivity index (χ3v) is 2.63. The van der Waals surface area contributed by atoms with Crippen molar-refractivity contribution in [3.63, 3.8) is 0 Å². The molecule has 2 rings (SSSR count). The number of aromatic nitrogens is 2. The van der Waals surface area contributed by atoms with E-state index in [1.54, 1.807) is 0 Å². The summed E-state index contributed by atoms with van der Waals surface area (Å²) in [5, 5.41) is 7.85. The molecule has 0 aliphatic carbocycles. The van der Waals surface area contributed by atoms with Crippen molar-refractivity contribution in [3.05, 3.63) is 46.4 Å². The molecule has 112 valence electrons. The number of carbonyl (C=O) groups excluding carboxylic acids is 1. The van der Waals surface area contributed by atoms with Crippen molar-refractivity contribution in [1.29, 1.82) is 0 Å². The number of nitrogens with one attached hydrogen (secondary N) is 2. The fourth-order valence-electron chi connectivity index (χ4n) is 1.53. The standard InChI is InChI=1S/C11H7F5N4O/c12-5-4(6(13)8(15)9(16)7(5)14)11(21)18-1-3-2-19-20-10(3)17/h2H,1H2,(H,18,21)(H3,17,19,20). The van der Waals surface area contributed by atoms with Crippen molar-refractivity contribution < 1.29 is 26.7 Å². The molecule has 0 saturated heterocycles. The van der Waals surface area contributed by atoms with Gasteiger partial charge in [-0.15, -0.1) is 0 Å². The molecule has 4 N–H and O–H groups in total. The number of amides is 1. The predicted molar refractivity (Wildman–Crippen MR) is 60.4 cm³/mol. The van der Waals surface area contributed by atoms with Crippen molar-refractivity contribution in [1.82, 2.24) is 15.5 Å². The molecule has 21 heavy (non-hydrogen) atoms. The Kier molecular flexibility index (Phi) is 3.78. The molecular formula is C11H7F5N4O. The molecule has 0 fully saturated rings. The number of nitrogens with two attached hydrogens (primary N) is 1. The zero-order chi connectivity index (χ0) is 15.7. The van der Waals surface area contributed by atoms with Gasteiger partial charge in [-0.05, 0) is 0 Å². The molecule has 0 unspecified atom stereocenters. The number of H-pyrrole nitrogens is 1. The number of nitrogens with zero attached hydrogens (tertiary/aromatic N) is 1. The van der Waals surface area contributed by atoms with E-state index in [0.29, 0.717) is 0 Å². The zero-order valence-corrected chi connectivity index (χ0v) is 10.1. The lowest BCUT2D eigenvalue weighted by molar-refractivity contribution is 0.0939. The maximum absolute atomic E-state index is 13.4. The first-order chi connectivity index (χ1) is 9.84. The lowest BCUT2D eigenvalue weighted by Gasteiger charge is -2.08. The van der Waals surface area contributed by atoms with Crippen molar-refractivity contribution >= 4 is 11.7 Å². The van der Waals surface area contributed by atoms with Crippen LogP contribution in [0.1, 0.15) is 15.9 Å². The summed E-state index contributed by atoms with van der Waals surface area (Å²) in [4.78, 5) is 11.6. The second-order valence-corrected chi connectivity index (χ2v) is 3.94. The van der Waals surface area contributed by atoms with Gasteiger partial charge in [-0.1, -0.05) is 0 Å². The minimum Gasteiger partial charge on any atom is -0.384 e.